The number of amides is 2. The maximum Gasteiger partial charge on any atom is 0.317 e. The number of urea groups is 1. The molecule has 92 valence electrons. The van der Waals surface area contributed by atoms with Crippen LogP contribution in [0, 0.1) is 0 Å². The Balaban J connectivity index is 2.12. The van der Waals surface area contributed by atoms with Gasteiger partial charge in [0.2, 0.25) is 0 Å². The number of likely N-dealkylation sites (tertiary alicyclic amines) is 1. The monoisotopic (exact) mass is 234 g/mol. The molecule has 1 aliphatic rings. The summed E-state index contributed by atoms with van der Waals surface area (Å²) in [6, 6.07) is 8.03. The Labute approximate surface area is 102 Å². The number of hydrogen-bond donors (Lipinski definition) is 1. The molecule has 1 N–H and O–H groups in total. The van der Waals surface area contributed by atoms with Crippen molar-refractivity contribution in [2.75, 3.05) is 27.2 Å². The third-order valence-electron chi connectivity index (χ3n) is 3.27. The summed E-state index contributed by atoms with van der Waals surface area (Å²) in [6.07, 6.45) is 0.994. The number of carbonyl (C=O) groups excluding carboxylic acids is 1. The van der Waals surface area contributed by atoms with E-state index in [-0.39, 0.29) is 6.03 Å². The first kappa shape index (κ1) is 11.8. The van der Waals surface area contributed by atoms with Crippen LogP contribution in [0.2, 0.25) is 0 Å². The van der Waals surface area contributed by atoms with Crippen molar-refractivity contribution in [2.24, 2.45) is 0 Å². The molecule has 0 aliphatic carbocycles. The fourth-order valence-corrected chi connectivity index (χ4v) is 2.36. The van der Waals surface area contributed by atoms with Crippen molar-refractivity contribution in [3.05, 3.63) is 29.8 Å². The number of hydrogen-bond acceptors (Lipinski definition) is 2. The van der Waals surface area contributed by atoms with Crippen molar-refractivity contribution in [1.29, 1.82) is 0 Å². The van der Waals surface area contributed by atoms with Gasteiger partial charge in [-0.05, 0) is 18.1 Å². The van der Waals surface area contributed by atoms with Crippen LogP contribution in [0.15, 0.2) is 24.3 Å². The Hall–Kier alpha value is -1.71. The largest absolute Gasteiger partial charge is 0.496 e. The van der Waals surface area contributed by atoms with Gasteiger partial charge in [-0.3, -0.25) is 0 Å². The molecule has 1 aliphatic heterocycles. The molecule has 0 aromatic heterocycles. The lowest BCUT2D eigenvalue weighted by Gasteiger charge is -2.17. The molecule has 2 amide bonds. The SMILES string of the molecule is CNC(=O)N1CCC(c2ccccc2OC)C1. The second-order valence-corrected chi connectivity index (χ2v) is 4.23. The Kier molecular flexibility index (Phi) is 3.52. The minimum Gasteiger partial charge on any atom is -0.496 e. The predicted molar refractivity (Wildman–Crippen MR) is 66.4 cm³/mol. The zero-order valence-electron chi connectivity index (χ0n) is 10.3. The van der Waals surface area contributed by atoms with Crippen LogP contribution in [-0.4, -0.2) is 38.2 Å². The fourth-order valence-electron chi connectivity index (χ4n) is 2.36. The minimum absolute atomic E-state index is 0.00222. The molecule has 1 heterocycles. The van der Waals surface area contributed by atoms with Gasteiger partial charge >= 0.3 is 6.03 Å². The number of carbonyl (C=O) groups is 1. The summed E-state index contributed by atoms with van der Waals surface area (Å²) in [5.74, 6) is 1.29. The maximum absolute atomic E-state index is 11.5. The average molecular weight is 234 g/mol. The Bertz CT molecular complexity index is 406. The van der Waals surface area contributed by atoms with Crippen LogP contribution in [-0.2, 0) is 0 Å². The molecule has 2 rings (SSSR count). The van der Waals surface area contributed by atoms with Crippen molar-refractivity contribution < 1.29 is 9.53 Å². The van der Waals surface area contributed by atoms with E-state index in [0.717, 1.165) is 25.3 Å². The highest BCUT2D eigenvalue weighted by molar-refractivity contribution is 5.74. The third kappa shape index (κ3) is 2.35. The van der Waals surface area contributed by atoms with E-state index < -0.39 is 0 Å². The first-order chi connectivity index (χ1) is 8.26. The summed E-state index contributed by atoms with van der Waals surface area (Å²) in [5, 5.41) is 2.66. The average Bonchev–Trinajstić information content (AvgIpc) is 2.87. The second-order valence-electron chi connectivity index (χ2n) is 4.23. The standard InChI is InChI=1S/C13H18N2O2/c1-14-13(16)15-8-7-10(9-15)11-5-3-4-6-12(11)17-2/h3-6,10H,7-9H2,1-2H3,(H,14,16). The van der Waals surface area contributed by atoms with Crippen molar-refractivity contribution in [2.45, 2.75) is 12.3 Å². The molecular weight excluding hydrogens is 216 g/mol. The zero-order valence-corrected chi connectivity index (χ0v) is 10.3. The number of rotatable bonds is 2. The van der Waals surface area contributed by atoms with Crippen LogP contribution in [0.3, 0.4) is 0 Å². The Morgan fingerprint density at radius 2 is 2.24 bits per heavy atom. The molecule has 4 nitrogen and oxygen atoms in total. The quantitative estimate of drug-likeness (QED) is 0.848. The van der Waals surface area contributed by atoms with Crippen molar-refractivity contribution in [3.63, 3.8) is 0 Å². The van der Waals surface area contributed by atoms with Crippen molar-refractivity contribution >= 4 is 6.03 Å². The van der Waals surface area contributed by atoms with Gasteiger partial charge in [0.25, 0.3) is 0 Å². The van der Waals surface area contributed by atoms with E-state index >= 15 is 0 Å². The van der Waals surface area contributed by atoms with Gasteiger partial charge in [0, 0.05) is 26.1 Å². The van der Waals surface area contributed by atoms with Crippen LogP contribution in [0.1, 0.15) is 17.9 Å². The molecule has 4 heteroatoms. The molecule has 0 bridgehead atoms. The molecule has 17 heavy (non-hydrogen) atoms. The van der Waals surface area contributed by atoms with E-state index in [1.807, 2.05) is 23.1 Å². The zero-order chi connectivity index (χ0) is 12.3. The highest BCUT2D eigenvalue weighted by Gasteiger charge is 2.28. The van der Waals surface area contributed by atoms with Gasteiger partial charge in [0.05, 0.1) is 7.11 Å². The Morgan fingerprint density at radius 3 is 2.94 bits per heavy atom. The molecule has 1 unspecified atom stereocenters. The third-order valence-corrected chi connectivity index (χ3v) is 3.27. The summed E-state index contributed by atoms with van der Waals surface area (Å²) in [7, 11) is 3.35. The van der Waals surface area contributed by atoms with E-state index in [2.05, 4.69) is 11.4 Å². The molecule has 0 radical (unpaired) electrons. The van der Waals surface area contributed by atoms with Gasteiger partial charge in [-0.1, -0.05) is 18.2 Å². The lowest BCUT2D eigenvalue weighted by molar-refractivity contribution is 0.210. The highest BCUT2D eigenvalue weighted by Crippen LogP contribution is 2.33. The lowest BCUT2D eigenvalue weighted by atomic mass is 9.97. The van der Waals surface area contributed by atoms with E-state index in [1.54, 1.807) is 14.2 Å². The van der Waals surface area contributed by atoms with Crippen molar-refractivity contribution in [3.8, 4) is 5.75 Å². The van der Waals surface area contributed by atoms with Gasteiger partial charge in [0.1, 0.15) is 5.75 Å². The van der Waals surface area contributed by atoms with Gasteiger partial charge in [-0.2, -0.15) is 0 Å². The normalized spacial score (nSPS) is 19.2. The first-order valence-corrected chi connectivity index (χ1v) is 5.86. The molecule has 1 fully saturated rings. The number of methoxy groups -OCH3 is 1. The van der Waals surface area contributed by atoms with Crippen LogP contribution in [0.5, 0.6) is 5.75 Å². The molecule has 0 saturated carbocycles. The van der Waals surface area contributed by atoms with Gasteiger partial charge < -0.3 is 15.0 Å². The van der Waals surface area contributed by atoms with Gasteiger partial charge in [-0.25, -0.2) is 4.79 Å². The van der Waals surface area contributed by atoms with E-state index in [4.69, 9.17) is 4.74 Å². The topological polar surface area (TPSA) is 41.6 Å². The summed E-state index contributed by atoms with van der Waals surface area (Å²) in [6.45, 7) is 1.57. The lowest BCUT2D eigenvalue weighted by Crippen LogP contribution is -2.36. The second kappa shape index (κ2) is 5.08. The van der Waals surface area contributed by atoms with E-state index in [0.29, 0.717) is 5.92 Å². The summed E-state index contributed by atoms with van der Waals surface area (Å²) >= 11 is 0. The van der Waals surface area contributed by atoms with Gasteiger partial charge in [-0.15, -0.1) is 0 Å². The Morgan fingerprint density at radius 1 is 1.47 bits per heavy atom. The molecule has 0 spiro atoms. The van der Waals surface area contributed by atoms with E-state index in [1.165, 1.54) is 5.56 Å². The number of para-hydroxylation sites is 1. The fraction of sp³-hybridized carbons (Fsp3) is 0.462. The number of nitrogens with zero attached hydrogens (tertiary/aromatic N) is 1. The molecular formula is C13H18N2O2. The highest BCUT2D eigenvalue weighted by atomic mass is 16.5. The maximum atomic E-state index is 11.5. The van der Waals surface area contributed by atoms with Crippen LogP contribution < -0.4 is 10.1 Å². The van der Waals surface area contributed by atoms with Crippen LogP contribution in [0.25, 0.3) is 0 Å². The van der Waals surface area contributed by atoms with Crippen molar-refractivity contribution in [1.82, 2.24) is 10.2 Å². The van der Waals surface area contributed by atoms with Crippen LogP contribution in [0.4, 0.5) is 4.79 Å². The number of ether oxygens (including phenoxy) is 1. The van der Waals surface area contributed by atoms with Gasteiger partial charge in [0.15, 0.2) is 0 Å². The smallest absolute Gasteiger partial charge is 0.317 e. The molecule has 1 saturated heterocycles. The molecule has 1 aromatic rings. The summed E-state index contributed by atoms with van der Waals surface area (Å²) < 4.78 is 5.36. The molecule has 1 aromatic carbocycles. The predicted octanol–water partition coefficient (Wildman–Crippen LogP) is 1.82. The number of nitrogens with one attached hydrogen (secondary N) is 1. The summed E-state index contributed by atoms with van der Waals surface area (Å²) in [4.78, 5) is 13.4. The minimum atomic E-state index is 0.00222. The number of benzene rings is 1. The molecule has 1 atom stereocenters. The first-order valence-electron chi connectivity index (χ1n) is 5.86. The van der Waals surface area contributed by atoms with Crippen LogP contribution >= 0.6 is 0 Å². The summed E-state index contributed by atoms with van der Waals surface area (Å²) in [5.41, 5.74) is 1.20. The van der Waals surface area contributed by atoms with E-state index in [9.17, 15) is 4.79 Å².